The van der Waals surface area contributed by atoms with Gasteiger partial charge in [-0.1, -0.05) is 24.0 Å². The fourth-order valence-corrected chi connectivity index (χ4v) is 3.73. The van der Waals surface area contributed by atoms with E-state index in [4.69, 9.17) is 4.74 Å². The van der Waals surface area contributed by atoms with Gasteiger partial charge in [0, 0.05) is 5.56 Å². The molecule has 3 rings (SSSR count). The minimum Gasteiger partial charge on any atom is -0.497 e. The number of sulfonamides is 1. The monoisotopic (exact) mass is 369 g/mol. The average molecular weight is 369 g/mol. The second-order valence-corrected chi connectivity index (χ2v) is 7.72. The summed E-state index contributed by atoms with van der Waals surface area (Å²) in [4.78, 5) is 1.13. The summed E-state index contributed by atoms with van der Waals surface area (Å²) in [6.07, 6.45) is 0. The van der Waals surface area contributed by atoms with E-state index in [1.54, 1.807) is 41.7 Å². The molecule has 0 unspecified atom stereocenters. The fourth-order valence-electron chi connectivity index (χ4n) is 2.11. The molecule has 0 fully saturated rings. The Bertz CT molecular complexity index is 1010. The maximum absolute atomic E-state index is 12.5. The van der Waals surface area contributed by atoms with Crippen molar-refractivity contribution in [1.29, 1.82) is 0 Å². The summed E-state index contributed by atoms with van der Waals surface area (Å²) in [5.74, 6) is 6.69. The van der Waals surface area contributed by atoms with E-state index in [9.17, 15) is 8.42 Å². The third-order valence-corrected chi connectivity index (χ3v) is 5.52. The molecule has 1 N–H and O–H groups in total. The molecule has 0 spiro atoms. The average Bonchev–Trinajstić information content (AvgIpc) is 3.13. The molecule has 0 radical (unpaired) electrons. The highest BCUT2D eigenvalue weighted by atomic mass is 32.2. The first kappa shape index (κ1) is 17.1. The van der Waals surface area contributed by atoms with Crippen molar-refractivity contribution in [3.8, 4) is 17.6 Å². The van der Waals surface area contributed by atoms with Crippen LogP contribution in [0, 0.1) is 11.8 Å². The van der Waals surface area contributed by atoms with E-state index in [2.05, 4.69) is 16.6 Å². The highest BCUT2D eigenvalue weighted by molar-refractivity contribution is 7.92. The van der Waals surface area contributed by atoms with Gasteiger partial charge in [-0.15, -0.1) is 11.3 Å². The highest BCUT2D eigenvalue weighted by Crippen LogP contribution is 2.19. The zero-order valence-corrected chi connectivity index (χ0v) is 15.0. The van der Waals surface area contributed by atoms with Crippen molar-refractivity contribution in [2.75, 3.05) is 11.8 Å². The van der Waals surface area contributed by atoms with E-state index in [-0.39, 0.29) is 4.90 Å². The molecule has 0 amide bonds. The van der Waals surface area contributed by atoms with Crippen LogP contribution in [0.25, 0.3) is 0 Å². The molecule has 1 heterocycles. The predicted octanol–water partition coefficient (Wildman–Crippen LogP) is 3.96. The van der Waals surface area contributed by atoms with Crippen molar-refractivity contribution in [3.05, 3.63) is 76.5 Å². The van der Waals surface area contributed by atoms with Crippen LogP contribution in [0.2, 0.25) is 0 Å². The van der Waals surface area contributed by atoms with E-state index in [1.165, 1.54) is 19.2 Å². The Morgan fingerprint density at radius 2 is 1.80 bits per heavy atom. The molecule has 25 heavy (non-hydrogen) atoms. The Morgan fingerprint density at radius 1 is 1.00 bits per heavy atom. The SMILES string of the molecule is COc1ccc(S(=O)(=O)Nc2cccc(C#Cc3cccs3)c2)cc1. The molecule has 0 saturated heterocycles. The first-order valence-electron chi connectivity index (χ1n) is 7.39. The molecule has 0 aliphatic carbocycles. The summed E-state index contributed by atoms with van der Waals surface area (Å²) in [5.41, 5.74) is 1.21. The van der Waals surface area contributed by atoms with Crippen LogP contribution in [-0.4, -0.2) is 15.5 Å². The third kappa shape index (κ3) is 4.41. The summed E-state index contributed by atoms with van der Waals surface area (Å²) >= 11 is 1.56. The largest absolute Gasteiger partial charge is 0.497 e. The van der Waals surface area contributed by atoms with Gasteiger partial charge < -0.3 is 4.74 Å². The van der Waals surface area contributed by atoms with Crippen LogP contribution < -0.4 is 9.46 Å². The molecule has 0 atom stereocenters. The molecule has 126 valence electrons. The number of thiophene rings is 1. The van der Waals surface area contributed by atoms with E-state index >= 15 is 0 Å². The van der Waals surface area contributed by atoms with Crippen LogP contribution in [-0.2, 0) is 10.0 Å². The van der Waals surface area contributed by atoms with Crippen molar-refractivity contribution >= 4 is 27.0 Å². The number of rotatable bonds is 4. The van der Waals surface area contributed by atoms with Crippen molar-refractivity contribution in [2.24, 2.45) is 0 Å². The first-order valence-corrected chi connectivity index (χ1v) is 9.75. The van der Waals surface area contributed by atoms with Crippen LogP contribution in [0.5, 0.6) is 5.75 Å². The van der Waals surface area contributed by atoms with Gasteiger partial charge in [0.1, 0.15) is 5.75 Å². The molecule has 1 aromatic heterocycles. The van der Waals surface area contributed by atoms with Crippen molar-refractivity contribution < 1.29 is 13.2 Å². The van der Waals surface area contributed by atoms with Gasteiger partial charge in [-0.25, -0.2) is 8.42 Å². The van der Waals surface area contributed by atoms with Gasteiger partial charge >= 0.3 is 0 Å². The van der Waals surface area contributed by atoms with Crippen LogP contribution in [0.4, 0.5) is 5.69 Å². The number of anilines is 1. The van der Waals surface area contributed by atoms with Crippen LogP contribution >= 0.6 is 11.3 Å². The maximum atomic E-state index is 12.5. The van der Waals surface area contributed by atoms with Gasteiger partial charge in [0.15, 0.2) is 0 Å². The Hall–Kier alpha value is -2.75. The molecule has 0 aliphatic heterocycles. The van der Waals surface area contributed by atoms with Crippen LogP contribution in [0.15, 0.2) is 70.9 Å². The molecule has 4 nitrogen and oxygen atoms in total. The summed E-state index contributed by atoms with van der Waals surface area (Å²) in [6, 6.07) is 17.1. The zero-order valence-electron chi connectivity index (χ0n) is 13.4. The Kier molecular flexibility index (Phi) is 5.08. The highest BCUT2D eigenvalue weighted by Gasteiger charge is 2.14. The lowest BCUT2D eigenvalue weighted by Gasteiger charge is -2.09. The van der Waals surface area contributed by atoms with Crippen molar-refractivity contribution in [2.45, 2.75) is 4.90 Å². The van der Waals surface area contributed by atoms with E-state index < -0.39 is 10.0 Å². The summed E-state index contributed by atoms with van der Waals surface area (Å²) < 4.78 is 32.6. The fraction of sp³-hybridized carbons (Fsp3) is 0.0526. The lowest BCUT2D eigenvalue weighted by atomic mass is 10.2. The number of benzene rings is 2. The van der Waals surface area contributed by atoms with Gasteiger partial charge in [-0.2, -0.15) is 0 Å². The van der Waals surface area contributed by atoms with E-state index in [0.29, 0.717) is 11.4 Å². The number of ether oxygens (including phenoxy) is 1. The van der Waals surface area contributed by atoms with Crippen LogP contribution in [0.3, 0.4) is 0 Å². The number of hydrogen-bond donors (Lipinski definition) is 1. The Morgan fingerprint density at radius 3 is 2.48 bits per heavy atom. The number of hydrogen-bond acceptors (Lipinski definition) is 4. The molecule has 0 saturated carbocycles. The zero-order chi connectivity index (χ0) is 17.7. The minimum atomic E-state index is -3.66. The number of nitrogens with one attached hydrogen (secondary N) is 1. The quantitative estimate of drug-likeness (QED) is 0.708. The van der Waals surface area contributed by atoms with Gasteiger partial charge in [0.05, 0.1) is 22.6 Å². The lowest BCUT2D eigenvalue weighted by molar-refractivity contribution is 0.414. The molecule has 0 aliphatic rings. The Labute approximate surface area is 151 Å². The summed E-state index contributed by atoms with van der Waals surface area (Å²) in [5, 5.41) is 1.96. The third-order valence-electron chi connectivity index (χ3n) is 3.34. The van der Waals surface area contributed by atoms with E-state index in [1.807, 2.05) is 23.6 Å². The Balaban J connectivity index is 1.81. The number of methoxy groups -OCH3 is 1. The standard InChI is InChI=1S/C19H15NO3S2/c1-23-17-8-11-19(12-9-17)25(21,22)20-16-5-2-4-15(14-16)7-10-18-6-3-13-24-18/h2-6,8-9,11-14,20H,1H3. The maximum Gasteiger partial charge on any atom is 0.261 e. The second kappa shape index (κ2) is 7.43. The first-order chi connectivity index (χ1) is 12.1. The van der Waals surface area contributed by atoms with E-state index in [0.717, 1.165) is 10.4 Å². The van der Waals surface area contributed by atoms with Gasteiger partial charge in [0.25, 0.3) is 10.0 Å². The van der Waals surface area contributed by atoms with Gasteiger partial charge in [-0.3, -0.25) is 4.72 Å². The smallest absolute Gasteiger partial charge is 0.261 e. The lowest BCUT2D eigenvalue weighted by Crippen LogP contribution is -2.12. The summed E-state index contributed by atoms with van der Waals surface area (Å²) in [6.45, 7) is 0. The minimum absolute atomic E-state index is 0.170. The molecular weight excluding hydrogens is 354 g/mol. The second-order valence-electron chi connectivity index (χ2n) is 5.09. The van der Waals surface area contributed by atoms with Crippen molar-refractivity contribution in [1.82, 2.24) is 0 Å². The summed E-state index contributed by atoms with van der Waals surface area (Å²) in [7, 11) is -2.13. The topological polar surface area (TPSA) is 55.4 Å². The molecule has 6 heteroatoms. The molecule has 2 aromatic carbocycles. The van der Waals surface area contributed by atoms with Crippen molar-refractivity contribution in [3.63, 3.8) is 0 Å². The van der Waals surface area contributed by atoms with Gasteiger partial charge in [0.2, 0.25) is 0 Å². The van der Waals surface area contributed by atoms with Crippen LogP contribution in [0.1, 0.15) is 10.4 Å². The molecule has 0 bridgehead atoms. The molecular formula is C19H15NO3S2. The molecule has 3 aromatic rings. The normalized spacial score (nSPS) is 10.6. The van der Waals surface area contributed by atoms with Gasteiger partial charge in [-0.05, 0) is 53.9 Å². The predicted molar refractivity (Wildman–Crippen MR) is 101 cm³/mol.